The Balaban J connectivity index is 1.36. The minimum Gasteiger partial charge on any atom is -0.497 e. The number of hydrogen-bond acceptors (Lipinski definition) is 3. The van der Waals surface area contributed by atoms with Gasteiger partial charge in [-0.05, 0) is 56.5 Å². The van der Waals surface area contributed by atoms with Crippen LogP contribution in [0.4, 0.5) is 5.69 Å². The van der Waals surface area contributed by atoms with Crippen molar-refractivity contribution in [1.29, 1.82) is 0 Å². The van der Waals surface area contributed by atoms with Gasteiger partial charge in [-0.15, -0.1) is 0 Å². The zero-order valence-electron chi connectivity index (χ0n) is 17.0. The number of nitrogens with zero attached hydrogens (tertiary/aromatic N) is 3. The van der Waals surface area contributed by atoms with E-state index < -0.39 is 0 Å². The van der Waals surface area contributed by atoms with Crippen molar-refractivity contribution in [2.24, 2.45) is 0 Å². The van der Waals surface area contributed by atoms with Crippen molar-refractivity contribution in [2.45, 2.75) is 32.7 Å². The SMILES string of the molecule is COc1cccc(N2CCN(C(=O)/C=C/c3cc(C)n(C4CC4)c3C)CC2)c1. The van der Waals surface area contributed by atoms with E-state index in [1.165, 1.54) is 24.2 Å². The number of methoxy groups -OCH3 is 1. The minimum absolute atomic E-state index is 0.0986. The summed E-state index contributed by atoms with van der Waals surface area (Å²) in [7, 11) is 1.68. The molecule has 5 nitrogen and oxygen atoms in total. The first-order valence-electron chi connectivity index (χ1n) is 10.1. The van der Waals surface area contributed by atoms with Crippen molar-refractivity contribution in [3.63, 3.8) is 0 Å². The van der Waals surface area contributed by atoms with Gasteiger partial charge in [0.05, 0.1) is 7.11 Å². The molecule has 0 radical (unpaired) electrons. The summed E-state index contributed by atoms with van der Waals surface area (Å²) in [6.07, 6.45) is 6.27. The number of ether oxygens (including phenoxy) is 1. The highest BCUT2D eigenvalue weighted by molar-refractivity contribution is 5.92. The number of piperazine rings is 1. The molecule has 1 aliphatic carbocycles. The van der Waals surface area contributed by atoms with Gasteiger partial charge in [0.25, 0.3) is 0 Å². The lowest BCUT2D eigenvalue weighted by Crippen LogP contribution is -2.48. The van der Waals surface area contributed by atoms with Crippen molar-refractivity contribution in [1.82, 2.24) is 9.47 Å². The number of rotatable bonds is 5. The molecule has 1 saturated heterocycles. The van der Waals surface area contributed by atoms with Crippen molar-refractivity contribution in [3.8, 4) is 5.75 Å². The summed E-state index contributed by atoms with van der Waals surface area (Å²) in [4.78, 5) is 16.9. The van der Waals surface area contributed by atoms with Crippen LogP contribution < -0.4 is 9.64 Å². The molecule has 2 aromatic rings. The lowest BCUT2D eigenvalue weighted by atomic mass is 10.2. The van der Waals surface area contributed by atoms with E-state index in [1.54, 1.807) is 13.2 Å². The first kappa shape index (κ1) is 18.7. The van der Waals surface area contributed by atoms with Crippen LogP contribution in [0.25, 0.3) is 6.08 Å². The van der Waals surface area contributed by atoms with E-state index in [4.69, 9.17) is 4.74 Å². The third kappa shape index (κ3) is 3.79. The minimum atomic E-state index is 0.0986. The Morgan fingerprint density at radius 2 is 1.86 bits per heavy atom. The molecule has 1 aromatic heterocycles. The fraction of sp³-hybridized carbons (Fsp3) is 0.435. The number of aryl methyl sites for hydroxylation is 1. The number of carbonyl (C=O) groups is 1. The van der Waals surface area contributed by atoms with Gasteiger partial charge in [-0.2, -0.15) is 0 Å². The summed E-state index contributed by atoms with van der Waals surface area (Å²) >= 11 is 0. The van der Waals surface area contributed by atoms with E-state index in [1.807, 2.05) is 29.2 Å². The largest absolute Gasteiger partial charge is 0.497 e. The molecule has 148 valence electrons. The van der Waals surface area contributed by atoms with Gasteiger partial charge in [0.2, 0.25) is 5.91 Å². The molecule has 2 fully saturated rings. The van der Waals surface area contributed by atoms with Crippen LogP contribution >= 0.6 is 0 Å². The highest BCUT2D eigenvalue weighted by atomic mass is 16.5. The molecule has 4 rings (SSSR count). The quantitative estimate of drug-likeness (QED) is 0.742. The van der Waals surface area contributed by atoms with E-state index in [9.17, 15) is 4.79 Å². The molecule has 1 amide bonds. The summed E-state index contributed by atoms with van der Waals surface area (Å²) < 4.78 is 7.73. The zero-order valence-corrected chi connectivity index (χ0v) is 17.0. The fourth-order valence-electron chi connectivity index (χ4n) is 4.12. The van der Waals surface area contributed by atoms with Crippen LogP contribution in [0.15, 0.2) is 36.4 Å². The molecule has 1 saturated carbocycles. The van der Waals surface area contributed by atoms with Gasteiger partial charge in [-0.3, -0.25) is 4.79 Å². The van der Waals surface area contributed by atoms with Gasteiger partial charge in [-0.1, -0.05) is 6.07 Å². The highest BCUT2D eigenvalue weighted by Gasteiger charge is 2.26. The first-order chi connectivity index (χ1) is 13.6. The van der Waals surface area contributed by atoms with Gasteiger partial charge in [0, 0.05) is 61.4 Å². The second kappa shape index (κ2) is 7.74. The van der Waals surface area contributed by atoms with Gasteiger partial charge >= 0.3 is 0 Å². The number of hydrogen-bond donors (Lipinski definition) is 0. The van der Waals surface area contributed by atoms with Crippen molar-refractivity contribution >= 4 is 17.7 Å². The standard InChI is InChI=1S/C23H29N3O2/c1-17-15-19(18(2)26(17)20-8-9-20)7-10-23(27)25-13-11-24(12-14-25)21-5-4-6-22(16-21)28-3/h4-7,10,15-16,20H,8-9,11-14H2,1-3H3/b10-7+. The molecule has 0 N–H and O–H groups in total. The third-order valence-electron chi connectivity index (χ3n) is 5.85. The van der Waals surface area contributed by atoms with Gasteiger partial charge < -0.3 is 19.1 Å². The molecule has 2 heterocycles. The number of amides is 1. The Hall–Kier alpha value is -2.69. The Morgan fingerprint density at radius 3 is 2.54 bits per heavy atom. The topological polar surface area (TPSA) is 37.7 Å². The molecule has 2 aliphatic rings. The molecule has 1 aromatic carbocycles. The Morgan fingerprint density at radius 1 is 1.11 bits per heavy atom. The van der Waals surface area contributed by atoms with Crippen LogP contribution in [0.1, 0.15) is 35.8 Å². The second-order valence-corrected chi connectivity index (χ2v) is 7.77. The Labute approximate surface area is 167 Å². The predicted octanol–water partition coefficient (Wildman–Crippen LogP) is 3.81. The Bertz CT molecular complexity index is 887. The van der Waals surface area contributed by atoms with Crippen molar-refractivity contribution in [2.75, 3.05) is 38.2 Å². The van der Waals surface area contributed by atoms with Crippen LogP contribution in [-0.4, -0.2) is 48.7 Å². The third-order valence-corrected chi connectivity index (χ3v) is 5.85. The molecule has 28 heavy (non-hydrogen) atoms. The van der Waals surface area contributed by atoms with Crippen molar-refractivity contribution in [3.05, 3.63) is 53.4 Å². The molecular weight excluding hydrogens is 350 g/mol. The molecular formula is C23H29N3O2. The maximum Gasteiger partial charge on any atom is 0.246 e. The summed E-state index contributed by atoms with van der Waals surface area (Å²) in [5, 5.41) is 0. The number of anilines is 1. The molecule has 5 heteroatoms. The zero-order chi connectivity index (χ0) is 19.7. The van der Waals surface area contributed by atoms with E-state index in [0.29, 0.717) is 6.04 Å². The monoisotopic (exact) mass is 379 g/mol. The van der Waals surface area contributed by atoms with Crippen LogP contribution in [0, 0.1) is 13.8 Å². The number of carbonyl (C=O) groups excluding carboxylic acids is 1. The summed E-state index contributed by atoms with van der Waals surface area (Å²) in [5.41, 5.74) is 4.87. The normalized spacial score (nSPS) is 17.4. The summed E-state index contributed by atoms with van der Waals surface area (Å²) in [6.45, 7) is 7.46. The average Bonchev–Trinajstić information content (AvgIpc) is 3.51. The van der Waals surface area contributed by atoms with E-state index in [-0.39, 0.29) is 5.91 Å². The van der Waals surface area contributed by atoms with Gasteiger partial charge in [-0.25, -0.2) is 0 Å². The van der Waals surface area contributed by atoms with E-state index >= 15 is 0 Å². The maximum absolute atomic E-state index is 12.7. The van der Waals surface area contributed by atoms with Crippen molar-refractivity contribution < 1.29 is 9.53 Å². The van der Waals surface area contributed by atoms with E-state index in [0.717, 1.165) is 43.2 Å². The molecule has 1 aliphatic heterocycles. The number of benzene rings is 1. The predicted molar refractivity (Wildman–Crippen MR) is 113 cm³/mol. The average molecular weight is 380 g/mol. The molecule has 0 bridgehead atoms. The molecule has 0 atom stereocenters. The van der Waals surface area contributed by atoms with Gasteiger partial charge in [0.1, 0.15) is 5.75 Å². The van der Waals surface area contributed by atoms with Crippen LogP contribution in [0.3, 0.4) is 0 Å². The summed E-state index contributed by atoms with van der Waals surface area (Å²) in [5.74, 6) is 0.962. The Kier molecular flexibility index (Phi) is 5.16. The lowest BCUT2D eigenvalue weighted by molar-refractivity contribution is -0.126. The first-order valence-corrected chi connectivity index (χ1v) is 10.1. The summed E-state index contributed by atoms with van der Waals surface area (Å²) in [6, 6.07) is 11.0. The lowest BCUT2D eigenvalue weighted by Gasteiger charge is -2.35. The fourth-order valence-corrected chi connectivity index (χ4v) is 4.12. The number of aromatic nitrogens is 1. The van der Waals surface area contributed by atoms with Gasteiger partial charge in [0.15, 0.2) is 0 Å². The smallest absolute Gasteiger partial charge is 0.246 e. The van der Waals surface area contributed by atoms with E-state index in [2.05, 4.69) is 35.4 Å². The molecule has 0 spiro atoms. The second-order valence-electron chi connectivity index (χ2n) is 7.77. The highest BCUT2D eigenvalue weighted by Crippen LogP contribution is 2.38. The molecule has 0 unspecified atom stereocenters. The van der Waals surface area contributed by atoms with Crippen LogP contribution in [0.2, 0.25) is 0 Å². The van der Waals surface area contributed by atoms with Crippen LogP contribution in [0.5, 0.6) is 5.75 Å². The maximum atomic E-state index is 12.7. The van der Waals surface area contributed by atoms with Crippen LogP contribution in [-0.2, 0) is 4.79 Å².